The van der Waals surface area contributed by atoms with Crippen molar-refractivity contribution in [1.82, 2.24) is 10.2 Å². The van der Waals surface area contributed by atoms with Crippen LogP contribution in [-0.4, -0.2) is 29.2 Å². The molecule has 1 N–H and O–H groups in total. The number of fused-ring (bicyclic) bond motifs is 1. The second-order valence-electron chi connectivity index (χ2n) is 5.42. The third kappa shape index (κ3) is 3.17. The van der Waals surface area contributed by atoms with Gasteiger partial charge in [-0.05, 0) is 30.5 Å². The molecule has 1 aliphatic rings. The molecule has 1 aromatic carbocycles. The molecule has 0 spiro atoms. The van der Waals surface area contributed by atoms with Gasteiger partial charge in [0, 0.05) is 17.8 Å². The topological polar surface area (TPSA) is 66.5 Å². The number of imide groups is 1. The number of benzene rings is 1. The Bertz CT molecular complexity index is 768. The van der Waals surface area contributed by atoms with Gasteiger partial charge in [0.05, 0.1) is 17.7 Å². The summed E-state index contributed by atoms with van der Waals surface area (Å²) in [5, 5.41) is 4.74. The van der Waals surface area contributed by atoms with E-state index >= 15 is 0 Å². The van der Waals surface area contributed by atoms with Crippen LogP contribution in [0.25, 0.3) is 0 Å². The average molecular weight is 328 g/mol. The second-order valence-corrected chi connectivity index (χ2v) is 6.45. The molecule has 0 fully saturated rings. The molecule has 0 saturated carbocycles. The smallest absolute Gasteiger partial charge is 0.261 e. The Morgan fingerprint density at radius 3 is 2.70 bits per heavy atom. The minimum absolute atomic E-state index is 0.0989. The summed E-state index contributed by atoms with van der Waals surface area (Å²) in [4.78, 5) is 38.6. The van der Waals surface area contributed by atoms with Crippen molar-refractivity contribution in [2.45, 2.75) is 19.9 Å². The zero-order valence-corrected chi connectivity index (χ0v) is 13.5. The van der Waals surface area contributed by atoms with Crippen LogP contribution < -0.4 is 5.32 Å². The monoisotopic (exact) mass is 328 g/mol. The molecule has 0 bridgehead atoms. The van der Waals surface area contributed by atoms with E-state index in [1.54, 1.807) is 29.5 Å². The number of amides is 3. The fraction of sp³-hybridized carbons (Fsp3) is 0.235. The van der Waals surface area contributed by atoms with Crippen molar-refractivity contribution >= 4 is 29.1 Å². The molecule has 2 aromatic rings. The van der Waals surface area contributed by atoms with E-state index < -0.39 is 0 Å². The van der Waals surface area contributed by atoms with Gasteiger partial charge in [-0.15, -0.1) is 11.3 Å². The number of carbonyl (C=O) groups excluding carboxylic acids is 3. The van der Waals surface area contributed by atoms with E-state index in [4.69, 9.17) is 0 Å². The molecule has 23 heavy (non-hydrogen) atoms. The highest BCUT2D eigenvalue weighted by Crippen LogP contribution is 2.23. The van der Waals surface area contributed by atoms with E-state index in [2.05, 4.69) is 5.32 Å². The number of rotatable bonds is 5. The lowest BCUT2D eigenvalue weighted by molar-refractivity contribution is -0.121. The molecular formula is C17H16N2O3S. The Balaban J connectivity index is 1.58. The molecule has 3 amide bonds. The molecular weight excluding hydrogens is 312 g/mol. The van der Waals surface area contributed by atoms with Crippen LogP contribution in [-0.2, 0) is 11.3 Å². The van der Waals surface area contributed by atoms with Crippen LogP contribution >= 0.6 is 11.3 Å². The molecule has 0 aliphatic carbocycles. The van der Waals surface area contributed by atoms with Crippen molar-refractivity contribution in [2.24, 2.45) is 0 Å². The lowest BCUT2D eigenvalue weighted by Crippen LogP contribution is -2.34. The minimum Gasteiger partial charge on any atom is -0.351 e. The van der Waals surface area contributed by atoms with Gasteiger partial charge in [0.1, 0.15) is 0 Å². The third-order valence-corrected chi connectivity index (χ3v) is 4.60. The first-order valence-electron chi connectivity index (χ1n) is 7.32. The van der Waals surface area contributed by atoms with Gasteiger partial charge < -0.3 is 5.32 Å². The molecule has 0 saturated heterocycles. The second kappa shape index (κ2) is 6.34. The molecule has 2 heterocycles. The van der Waals surface area contributed by atoms with Gasteiger partial charge in [-0.3, -0.25) is 19.3 Å². The third-order valence-electron chi connectivity index (χ3n) is 3.73. The highest BCUT2D eigenvalue weighted by molar-refractivity contribution is 7.09. The zero-order chi connectivity index (χ0) is 16.4. The summed E-state index contributed by atoms with van der Waals surface area (Å²) in [6.45, 7) is 2.44. The molecule has 118 valence electrons. The maximum Gasteiger partial charge on any atom is 0.261 e. The normalized spacial score (nSPS) is 13.3. The standard InChI is InChI=1S/C17H16N2O3S/c1-11-4-5-13-14(9-11)17(22)19(16(13)21)7-6-15(20)18-10-12-3-2-8-23-12/h2-5,8-9H,6-7,10H2,1H3,(H,18,20). The highest BCUT2D eigenvalue weighted by Gasteiger charge is 2.35. The van der Waals surface area contributed by atoms with Gasteiger partial charge in [0.25, 0.3) is 11.8 Å². The van der Waals surface area contributed by atoms with Crippen LogP contribution in [0.4, 0.5) is 0 Å². The Kier molecular flexibility index (Phi) is 4.25. The Morgan fingerprint density at radius 1 is 1.17 bits per heavy atom. The Morgan fingerprint density at radius 2 is 1.96 bits per heavy atom. The first-order chi connectivity index (χ1) is 11.1. The van der Waals surface area contributed by atoms with E-state index in [0.29, 0.717) is 17.7 Å². The van der Waals surface area contributed by atoms with E-state index in [1.807, 2.05) is 24.4 Å². The first kappa shape index (κ1) is 15.4. The summed E-state index contributed by atoms with van der Waals surface area (Å²) in [6, 6.07) is 9.06. The van der Waals surface area contributed by atoms with Crippen LogP contribution in [0, 0.1) is 6.92 Å². The van der Waals surface area contributed by atoms with Gasteiger partial charge in [0.2, 0.25) is 5.91 Å². The lowest BCUT2D eigenvalue weighted by Gasteiger charge is -2.13. The van der Waals surface area contributed by atoms with Crippen LogP contribution in [0.1, 0.15) is 37.6 Å². The minimum atomic E-state index is -0.323. The largest absolute Gasteiger partial charge is 0.351 e. The van der Waals surface area contributed by atoms with Crippen LogP contribution in [0.2, 0.25) is 0 Å². The fourth-order valence-electron chi connectivity index (χ4n) is 2.51. The van der Waals surface area contributed by atoms with Crippen LogP contribution in [0.5, 0.6) is 0 Å². The van der Waals surface area contributed by atoms with Crippen LogP contribution in [0.3, 0.4) is 0 Å². The highest BCUT2D eigenvalue weighted by atomic mass is 32.1. The van der Waals surface area contributed by atoms with E-state index in [-0.39, 0.29) is 30.7 Å². The van der Waals surface area contributed by atoms with Crippen LogP contribution in [0.15, 0.2) is 35.7 Å². The van der Waals surface area contributed by atoms with E-state index in [1.165, 1.54) is 0 Å². The number of aryl methyl sites for hydroxylation is 1. The average Bonchev–Trinajstić information content (AvgIpc) is 3.12. The van der Waals surface area contributed by atoms with Crippen molar-refractivity contribution in [3.05, 3.63) is 57.3 Å². The van der Waals surface area contributed by atoms with Gasteiger partial charge in [0.15, 0.2) is 0 Å². The maximum atomic E-state index is 12.3. The number of carbonyl (C=O) groups is 3. The lowest BCUT2D eigenvalue weighted by atomic mass is 10.1. The molecule has 1 aromatic heterocycles. The molecule has 0 radical (unpaired) electrons. The summed E-state index contributed by atoms with van der Waals surface area (Å²) in [5.41, 5.74) is 1.77. The summed E-state index contributed by atoms with van der Waals surface area (Å²) >= 11 is 1.57. The molecule has 1 aliphatic heterocycles. The predicted molar refractivity (Wildman–Crippen MR) is 87.3 cm³/mol. The van der Waals surface area contributed by atoms with Crippen molar-refractivity contribution < 1.29 is 14.4 Å². The van der Waals surface area contributed by atoms with Gasteiger partial charge in [-0.2, -0.15) is 0 Å². The van der Waals surface area contributed by atoms with Gasteiger partial charge in [-0.25, -0.2) is 0 Å². The van der Waals surface area contributed by atoms with Crippen molar-refractivity contribution in [3.8, 4) is 0 Å². The van der Waals surface area contributed by atoms with E-state index in [9.17, 15) is 14.4 Å². The molecule has 0 unspecified atom stereocenters. The number of nitrogens with zero attached hydrogens (tertiary/aromatic N) is 1. The predicted octanol–water partition coefficient (Wildman–Crippen LogP) is 2.36. The fourth-order valence-corrected chi connectivity index (χ4v) is 3.15. The van der Waals surface area contributed by atoms with Gasteiger partial charge in [-0.1, -0.05) is 17.7 Å². The van der Waals surface area contributed by atoms with Crippen molar-refractivity contribution in [2.75, 3.05) is 6.54 Å². The Labute approximate surface area is 137 Å². The van der Waals surface area contributed by atoms with Crippen molar-refractivity contribution in [1.29, 1.82) is 0 Å². The molecule has 6 heteroatoms. The quantitative estimate of drug-likeness (QED) is 0.857. The number of thiophene rings is 1. The summed E-state index contributed by atoms with van der Waals surface area (Å²) in [6.07, 6.45) is 0.107. The number of nitrogens with one attached hydrogen (secondary N) is 1. The Hall–Kier alpha value is -2.47. The molecule has 5 nitrogen and oxygen atoms in total. The van der Waals surface area contributed by atoms with Gasteiger partial charge >= 0.3 is 0 Å². The maximum absolute atomic E-state index is 12.3. The summed E-state index contributed by atoms with van der Waals surface area (Å²) in [7, 11) is 0. The van der Waals surface area contributed by atoms with Crippen molar-refractivity contribution in [3.63, 3.8) is 0 Å². The number of hydrogen-bond acceptors (Lipinski definition) is 4. The first-order valence-corrected chi connectivity index (χ1v) is 8.20. The number of hydrogen-bond donors (Lipinski definition) is 1. The molecule has 0 atom stereocenters. The summed E-state index contributed by atoms with van der Waals surface area (Å²) in [5.74, 6) is -0.818. The summed E-state index contributed by atoms with van der Waals surface area (Å²) < 4.78 is 0. The van der Waals surface area contributed by atoms with E-state index in [0.717, 1.165) is 15.3 Å². The molecule has 3 rings (SSSR count). The SMILES string of the molecule is Cc1ccc2c(c1)C(=O)N(CCC(=O)NCc1cccs1)C2=O. The zero-order valence-electron chi connectivity index (χ0n) is 12.7.